The first kappa shape index (κ1) is 34.7. The molecule has 2 heterocycles. The van der Waals surface area contributed by atoms with Crippen molar-refractivity contribution in [3.8, 4) is 11.4 Å². The third kappa shape index (κ3) is 8.85. The average molecular weight is 690 g/mol. The summed E-state index contributed by atoms with van der Waals surface area (Å²) in [6.07, 6.45) is 3.08. The second-order valence-electron chi connectivity index (χ2n) is 10.4. The van der Waals surface area contributed by atoms with Gasteiger partial charge in [-0.25, -0.2) is 22.8 Å². The van der Waals surface area contributed by atoms with Gasteiger partial charge in [-0.1, -0.05) is 60.2 Å². The van der Waals surface area contributed by atoms with Crippen LogP contribution in [0.1, 0.15) is 23.7 Å². The number of rotatable bonds is 10. The molecule has 1 saturated heterocycles. The van der Waals surface area contributed by atoms with E-state index < -0.39 is 15.9 Å². The summed E-state index contributed by atoms with van der Waals surface area (Å²) in [7, 11) is -3.97. The van der Waals surface area contributed by atoms with Gasteiger partial charge in [0.25, 0.3) is 15.9 Å². The summed E-state index contributed by atoms with van der Waals surface area (Å²) in [5.41, 5.74) is 4.42. The summed E-state index contributed by atoms with van der Waals surface area (Å²) in [5, 5.41) is 14.5. The number of hydrogen-bond acceptors (Lipinski definition) is 10. The largest absolute Gasteiger partial charge is 1.00 e. The van der Waals surface area contributed by atoms with Gasteiger partial charge in [0.05, 0.1) is 27.6 Å². The Kier molecular flexibility index (Phi) is 11.2. The summed E-state index contributed by atoms with van der Waals surface area (Å²) in [6, 6.07) is 28.1. The number of amidine groups is 1. The van der Waals surface area contributed by atoms with Crippen molar-refractivity contribution in [1.29, 1.82) is 0 Å². The van der Waals surface area contributed by atoms with Gasteiger partial charge >= 0.3 is 29.6 Å². The molecule has 12 nitrogen and oxygen atoms in total. The molecule has 0 atom stereocenters. The van der Waals surface area contributed by atoms with Gasteiger partial charge in [0.15, 0.2) is 5.17 Å². The predicted octanol–water partition coefficient (Wildman–Crippen LogP) is 1.61. The molecule has 2 amide bonds. The Balaban J connectivity index is 0.00000270. The van der Waals surface area contributed by atoms with Crippen molar-refractivity contribution in [2.45, 2.75) is 24.8 Å². The summed E-state index contributed by atoms with van der Waals surface area (Å²) in [6.45, 7) is 2.17. The Morgan fingerprint density at radius 2 is 1.77 bits per heavy atom. The number of sulfonamides is 1. The number of ether oxygens (including phenoxy) is 1. The van der Waals surface area contributed by atoms with Gasteiger partial charge in [0.2, 0.25) is 5.91 Å². The van der Waals surface area contributed by atoms with Crippen LogP contribution in [-0.2, 0) is 32.6 Å². The van der Waals surface area contributed by atoms with Crippen LogP contribution in [0, 0.1) is 6.92 Å². The third-order valence-corrected chi connectivity index (χ3v) is 9.20. The molecule has 0 aliphatic carbocycles. The zero-order valence-corrected chi connectivity index (χ0v) is 29.5. The molecule has 1 aliphatic rings. The fourth-order valence-electron chi connectivity index (χ4n) is 4.50. The smallest absolute Gasteiger partial charge is 1.00 e. The number of carbonyl (C=O) groups excluding carboxylic acids is 2. The number of aliphatic imine (C=N–C) groups is 1. The van der Waals surface area contributed by atoms with Crippen molar-refractivity contribution in [1.82, 2.24) is 30.2 Å². The van der Waals surface area contributed by atoms with Gasteiger partial charge in [-0.15, -0.1) is 5.10 Å². The minimum absolute atomic E-state index is 0. The van der Waals surface area contributed by atoms with Crippen LogP contribution in [0.25, 0.3) is 11.8 Å². The molecule has 0 saturated carbocycles. The van der Waals surface area contributed by atoms with E-state index in [0.29, 0.717) is 44.9 Å². The van der Waals surface area contributed by atoms with Gasteiger partial charge < -0.3 is 11.5 Å². The van der Waals surface area contributed by atoms with Crippen LogP contribution in [0.15, 0.2) is 118 Å². The van der Waals surface area contributed by atoms with Crippen LogP contribution in [0.3, 0.4) is 0 Å². The molecular weight excluding hydrogens is 662 g/mol. The number of nitrogens with one attached hydrogen (secondary N) is 2. The molecule has 2 N–H and O–H groups in total. The van der Waals surface area contributed by atoms with Crippen molar-refractivity contribution < 1.29 is 53.7 Å². The molecule has 0 unspecified atom stereocenters. The zero-order valence-electron chi connectivity index (χ0n) is 26.9. The Labute approximate surface area is 304 Å². The average Bonchev–Trinajstić information content (AvgIpc) is 3.72. The van der Waals surface area contributed by atoms with Gasteiger partial charge in [-0.05, 0) is 82.7 Å². The quantitative estimate of drug-likeness (QED) is 0.164. The summed E-state index contributed by atoms with van der Waals surface area (Å²) in [5.74, 6) is -0.425. The first-order chi connectivity index (χ1) is 22.7. The zero-order chi connectivity index (χ0) is 32.8. The summed E-state index contributed by atoms with van der Waals surface area (Å²) in [4.78, 5) is 30.3. The number of aryl methyl sites for hydroxylation is 1. The molecule has 1 fully saturated rings. The van der Waals surface area contributed by atoms with E-state index in [9.17, 15) is 18.0 Å². The molecule has 4 aromatic carbocycles. The molecule has 0 bridgehead atoms. The molecule has 0 spiro atoms. The van der Waals surface area contributed by atoms with Gasteiger partial charge in [-0.2, -0.15) is 0 Å². The van der Waals surface area contributed by atoms with Gasteiger partial charge in [-0.3, -0.25) is 9.59 Å². The number of aromatic nitrogens is 4. The molecule has 238 valence electrons. The molecule has 5 aromatic rings. The van der Waals surface area contributed by atoms with Crippen LogP contribution in [0.2, 0.25) is 0 Å². The fraction of sp³-hybridized carbons (Fsp3) is 0.0909. The van der Waals surface area contributed by atoms with E-state index >= 15 is 0 Å². The van der Waals surface area contributed by atoms with Gasteiger partial charge in [0.1, 0.15) is 18.7 Å². The van der Waals surface area contributed by atoms with E-state index in [1.807, 2.05) is 49.4 Å². The van der Waals surface area contributed by atoms with E-state index in [1.165, 1.54) is 34.9 Å². The minimum atomic E-state index is -3.97. The molecule has 15 heteroatoms. The molecule has 6 rings (SSSR count). The normalized spacial score (nSPS) is 14.4. The van der Waals surface area contributed by atoms with Crippen LogP contribution in [-0.4, -0.2) is 45.6 Å². The Morgan fingerprint density at radius 3 is 2.48 bits per heavy atom. The van der Waals surface area contributed by atoms with Crippen LogP contribution >= 0.6 is 11.8 Å². The molecular formula is C33H28N7NaO5S2. The van der Waals surface area contributed by atoms with E-state index in [0.717, 1.165) is 11.1 Å². The summed E-state index contributed by atoms with van der Waals surface area (Å²) >= 11 is 1.18. The first-order valence-electron chi connectivity index (χ1n) is 14.3. The number of benzene rings is 4. The predicted molar refractivity (Wildman–Crippen MR) is 178 cm³/mol. The minimum Gasteiger partial charge on any atom is -1.00 e. The van der Waals surface area contributed by atoms with E-state index in [1.54, 1.807) is 48.5 Å². The second kappa shape index (κ2) is 15.5. The maximum absolute atomic E-state index is 12.9. The van der Waals surface area contributed by atoms with Gasteiger partial charge in [0, 0.05) is 11.6 Å². The van der Waals surface area contributed by atoms with Crippen molar-refractivity contribution in [2.75, 3.05) is 0 Å². The molecule has 1 aliphatic heterocycles. The SMILES string of the molecule is Cc1ccc(S(=O)(=O)NC(=O)Cc2ccc(N=C3NC(=O)/C(=C\c4ccc(-n5cnnn5)cc4OCc4ccccc4)S3)cc2)cc1.[H-].[Na+]. The second-order valence-corrected chi connectivity index (χ2v) is 13.1. The standard InChI is InChI=1S/C33H27N7O5S2.Na.H/c1-22-7-15-28(16-8-22)47(43,44)37-31(41)17-23-9-12-26(13-10-23)35-33-36-32(42)30(46-33)18-25-11-14-27(40-21-34-38-39-40)19-29(25)45-20-24-5-3-2-4-6-24;;/h2-16,18-19,21H,17,20H2,1H3,(H,37,41)(H,35,36,42);;/q;+1;-1/b30-18+;;. The van der Waals surface area contributed by atoms with E-state index in [2.05, 4.69) is 30.6 Å². The maximum atomic E-state index is 12.9. The third-order valence-electron chi connectivity index (χ3n) is 6.90. The van der Waals surface area contributed by atoms with Crippen LogP contribution in [0.4, 0.5) is 5.69 Å². The number of thioether (sulfide) groups is 1. The molecule has 48 heavy (non-hydrogen) atoms. The fourth-order valence-corrected chi connectivity index (χ4v) is 6.32. The molecule has 0 radical (unpaired) electrons. The monoisotopic (exact) mass is 689 g/mol. The van der Waals surface area contributed by atoms with Crippen LogP contribution in [0.5, 0.6) is 5.75 Å². The number of hydrogen-bond donors (Lipinski definition) is 2. The van der Waals surface area contributed by atoms with Crippen LogP contribution < -0.4 is 44.3 Å². The van der Waals surface area contributed by atoms with Crippen molar-refractivity contribution >= 4 is 50.5 Å². The van der Waals surface area contributed by atoms with E-state index in [-0.39, 0.29) is 48.2 Å². The molecule has 1 aromatic heterocycles. The summed E-state index contributed by atoms with van der Waals surface area (Å²) < 4.78 is 34.8. The number of tetrazole rings is 1. The number of nitrogens with zero attached hydrogens (tertiary/aromatic N) is 5. The number of amides is 2. The Bertz CT molecular complexity index is 2100. The maximum Gasteiger partial charge on any atom is 1.00 e. The van der Waals surface area contributed by atoms with Crippen molar-refractivity contribution in [3.05, 3.63) is 131 Å². The van der Waals surface area contributed by atoms with Crippen molar-refractivity contribution in [3.63, 3.8) is 0 Å². The van der Waals surface area contributed by atoms with E-state index in [4.69, 9.17) is 4.74 Å². The Hall–Kier alpha value is -4.60. The first-order valence-corrected chi connectivity index (χ1v) is 16.6. The number of carbonyl (C=O) groups is 2. The Morgan fingerprint density at radius 1 is 1.02 bits per heavy atom. The topological polar surface area (TPSA) is 158 Å². The van der Waals surface area contributed by atoms with Crippen molar-refractivity contribution in [2.24, 2.45) is 4.99 Å².